The summed E-state index contributed by atoms with van der Waals surface area (Å²) in [6, 6.07) is 11.4. The monoisotopic (exact) mass is 448 g/mol. The average molecular weight is 449 g/mol. The molecule has 0 saturated carbocycles. The number of aryl methyl sites for hydroxylation is 1. The molecule has 7 nitrogen and oxygen atoms in total. The largest absolute Gasteiger partial charge is 0.465 e. The summed E-state index contributed by atoms with van der Waals surface area (Å²) in [5, 5.41) is 6.45. The standard InChI is InChI=1S/C21H21ClN2O5S/c1-3-29-20(25)18-17(12-30(27,28)16-9-7-13(2)8-10-16)23-21(26)24-19(18)14-5-4-6-15(22)11-14/h4-12,18-19H,3H2,1-2H3,(H2,23,24,26)/t18-,19+/m0/s1. The van der Waals surface area contributed by atoms with Gasteiger partial charge >= 0.3 is 12.0 Å². The van der Waals surface area contributed by atoms with E-state index in [9.17, 15) is 18.0 Å². The molecular weight excluding hydrogens is 428 g/mol. The number of sulfone groups is 1. The minimum atomic E-state index is -3.93. The first-order valence-electron chi connectivity index (χ1n) is 9.24. The third kappa shape index (κ3) is 4.83. The topological polar surface area (TPSA) is 102 Å². The molecule has 0 spiro atoms. The second-order valence-electron chi connectivity index (χ2n) is 6.79. The Kier molecular flexibility index (Phi) is 6.48. The predicted molar refractivity (Wildman–Crippen MR) is 112 cm³/mol. The molecule has 2 aromatic carbocycles. The number of nitrogens with one attached hydrogen (secondary N) is 2. The van der Waals surface area contributed by atoms with Crippen LogP contribution in [-0.2, 0) is 19.4 Å². The lowest BCUT2D eigenvalue weighted by molar-refractivity contribution is -0.147. The van der Waals surface area contributed by atoms with Gasteiger partial charge in [-0.25, -0.2) is 13.2 Å². The van der Waals surface area contributed by atoms with E-state index in [2.05, 4.69) is 10.6 Å². The molecule has 1 heterocycles. The zero-order valence-corrected chi connectivity index (χ0v) is 18.0. The van der Waals surface area contributed by atoms with Crippen LogP contribution in [0.3, 0.4) is 0 Å². The van der Waals surface area contributed by atoms with Gasteiger partial charge in [0.25, 0.3) is 0 Å². The summed E-state index contributed by atoms with van der Waals surface area (Å²) >= 11 is 6.07. The van der Waals surface area contributed by atoms with Crippen molar-refractivity contribution in [1.29, 1.82) is 0 Å². The zero-order valence-electron chi connectivity index (χ0n) is 16.4. The lowest BCUT2D eigenvalue weighted by atomic mass is 9.89. The first-order chi connectivity index (χ1) is 14.2. The van der Waals surface area contributed by atoms with Crippen molar-refractivity contribution in [2.45, 2.75) is 24.8 Å². The molecule has 2 N–H and O–H groups in total. The van der Waals surface area contributed by atoms with E-state index in [0.29, 0.717) is 10.6 Å². The van der Waals surface area contributed by atoms with Gasteiger partial charge in [0.1, 0.15) is 5.92 Å². The van der Waals surface area contributed by atoms with E-state index in [1.165, 1.54) is 12.1 Å². The first-order valence-corrected chi connectivity index (χ1v) is 11.2. The summed E-state index contributed by atoms with van der Waals surface area (Å²) in [6.45, 7) is 3.59. The highest BCUT2D eigenvalue weighted by Gasteiger charge is 2.40. The summed E-state index contributed by atoms with van der Waals surface area (Å²) in [6.07, 6.45) is 0. The van der Waals surface area contributed by atoms with E-state index in [0.717, 1.165) is 11.0 Å². The van der Waals surface area contributed by atoms with Crippen molar-refractivity contribution < 1.29 is 22.7 Å². The van der Waals surface area contributed by atoms with E-state index in [-0.39, 0.29) is 17.2 Å². The fourth-order valence-corrected chi connectivity index (χ4v) is 4.58. The van der Waals surface area contributed by atoms with Crippen molar-refractivity contribution in [2.75, 3.05) is 6.61 Å². The van der Waals surface area contributed by atoms with Crippen molar-refractivity contribution in [2.24, 2.45) is 5.92 Å². The predicted octanol–water partition coefficient (Wildman–Crippen LogP) is 3.50. The van der Waals surface area contributed by atoms with Gasteiger partial charge in [0.2, 0.25) is 9.84 Å². The number of hydrogen-bond donors (Lipinski definition) is 2. The second-order valence-corrected chi connectivity index (χ2v) is 9.03. The highest BCUT2D eigenvalue weighted by atomic mass is 35.5. The number of halogens is 1. The molecule has 9 heteroatoms. The fourth-order valence-electron chi connectivity index (χ4n) is 3.19. The molecule has 2 atom stereocenters. The Morgan fingerprint density at radius 1 is 1.20 bits per heavy atom. The van der Waals surface area contributed by atoms with Crippen LogP contribution in [0.2, 0.25) is 5.02 Å². The normalized spacial score (nSPS) is 20.4. The number of carbonyl (C=O) groups is 2. The molecular formula is C21H21ClN2O5S. The smallest absolute Gasteiger partial charge is 0.319 e. The highest BCUT2D eigenvalue weighted by Crippen LogP contribution is 2.33. The van der Waals surface area contributed by atoms with Crippen LogP contribution >= 0.6 is 11.6 Å². The summed E-state index contributed by atoms with van der Waals surface area (Å²) in [5.41, 5.74) is 1.39. The molecule has 0 bridgehead atoms. The summed E-state index contributed by atoms with van der Waals surface area (Å²) in [7, 11) is -3.93. The van der Waals surface area contributed by atoms with Crippen LogP contribution in [0.5, 0.6) is 0 Å². The molecule has 158 valence electrons. The number of hydrogen-bond acceptors (Lipinski definition) is 5. The molecule has 2 aromatic rings. The maximum absolute atomic E-state index is 12.9. The molecule has 0 aromatic heterocycles. The van der Waals surface area contributed by atoms with E-state index in [1.807, 2.05) is 6.92 Å². The molecule has 3 rings (SSSR count). The van der Waals surface area contributed by atoms with Gasteiger partial charge in [-0.05, 0) is 43.7 Å². The van der Waals surface area contributed by atoms with E-state index in [4.69, 9.17) is 16.3 Å². The molecule has 1 fully saturated rings. The van der Waals surface area contributed by atoms with Gasteiger partial charge < -0.3 is 15.4 Å². The van der Waals surface area contributed by atoms with Gasteiger partial charge in [0.05, 0.1) is 23.0 Å². The van der Waals surface area contributed by atoms with Crippen LogP contribution < -0.4 is 10.6 Å². The molecule has 0 aliphatic carbocycles. The van der Waals surface area contributed by atoms with Gasteiger partial charge in [-0.15, -0.1) is 0 Å². The molecule has 0 unspecified atom stereocenters. The molecule has 2 amide bonds. The number of urea groups is 1. The van der Waals surface area contributed by atoms with E-state index < -0.39 is 33.8 Å². The molecule has 1 aliphatic heterocycles. The Bertz CT molecular complexity index is 1100. The molecule has 0 radical (unpaired) electrons. The number of carbonyl (C=O) groups excluding carboxylic acids is 2. The van der Waals surface area contributed by atoms with Crippen LogP contribution in [-0.4, -0.2) is 27.0 Å². The quantitative estimate of drug-likeness (QED) is 0.681. The van der Waals surface area contributed by atoms with Gasteiger partial charge in [0, 0.05) is 10.7 Å². The van der Waals surface area contributed by atoms with Crippen LogP contribution in [0.15, 0.2) is 64.5 Å². The van der Waals surface area contributed by atoms with E-state index >= 15 is 0 Å². The van der Waals surface area contributed by atoms with Crippen molar-refractivity contribution >= 4 is 33.4 Å². The SMILES string of the molecule is CCOC(=O)[C@H]1C(=CS(=O)(=O)c2ccc(C)cc2)NC(=O)N[C@@H]1c1cccc(Cl)c1. The minimum absolute atomic E-state index is 0.0512. The Hall–Kier alpha value is -2.84. The number of ether oxygens (including phenoxy) is 1. The van der Waals surface area contributed by atoms with Crippen LogP contribution in [0.4, 0.5) is 4.79 Å². The minimum Gasteiger partial charge on any atom is -0.465 e. The Morgan fingerprint density at radius 3 is 2.53 bits per heavy atom. The van der Waals surface area contributed by atoms with Crippen molar-refractivity contribution in [3.05, 3.63) is 75.8 Å². The van der Waals surface area contributed by atoms with Crippen molar-refractivity contribution in [3.8, 4) is 0 Å². The maximum Gasteiger partial charge on any atom is 0.319 e. The van der Waals surface area contributed by atoms with Gasteiger partial charge in [-0.3, -0.25) is 4.79 Å². The van der Waals surface area contributed by atoms with Crippen LogP contribution in [0, 0.1) is 12.8 Å². The number of benzene rings is 2. The van der Waals surface area contributed by atoms with Gasteiger partial charge in [-0.1, -0.05) is 41.4 Å². The van der Waals surface area contributed by atoms with Crippen molar-refractivity contribution in [1.82, 2.24) is 10.6 Å². The lowest BCUT2D eigenvalue weighted by Crippen LogP contribution is -2.51. The van der Waals surface area contributed by atoms with Crippen molar-refractivity contribution in [3.63, 3.8) is 0 Å². The zero-order chi connectivity index (χ0) is 21.9. The van der Waals surface area contributed by atoms with Crippen LogP contribution in [0.1, 0.15) is 24.1 Å². The molecule has 1 aliphatic rings. The Morgan fingerprint density at radius 2 is 1.90 bits per heavy atom. The summed E-state index contributed by atoms with van der Waals surface area (Å²) < 4.78 is 31.0. The van der Waals surface area contributed by atoms with Gasteiger partial charge in [0.15, 0.2) is 0 Å². The maximum atomic E-state index is 12.9. The molecule has 1 saturated heterocycles. The first kappa shape index (κ1) is 21.9. The summed E-state index contributed by atoms with van der Waals surface area (Å²) in [4.78, 5) is 25.1. The number of amides is 2. The number of rotatable bonds is 5. The third-order valence-corrected chi connectivity index (χ3v) is 6.32. The Balaban J connectivity index is 2.10. The van der Waals surface area contributed by atoms with E-state index in [1.54, 1.807) is 43.3 Å². The van der Waals surface area contributed by atoms with Crippen LogP contribution in [0.25, 0.3) is 0 Å². The molecule has 30 heavy (non-hydrogen) atoms. The third-order valence-electron chi connectivity index (χ3n) is 4.59. The number of esters is 1. The fraction of sp³-hybridized carbons (Fsp3) is 0.238. The summed E-state index contributed by atoms with van der Waals surface area (Å²) in [5.74, 6) is -1.76. The average Bonchev–Trinajstić information content (AvgIpc) is 2.67. The Labute approximate surface area is 180 Å². The second kappa shape index (κ2) is 8.89. The van der Waals surface area contributed by atoms with Gasteiger partial charge in [-0.2, -0.15) is 0 Å². The lowest BCUT2D eigenvalue weighted by Gasteiger charge is -2.33. The highest BCUT2D eigenvalue weighted by molar-refractivity contribution is 7.94.